The van der Waals surface area contributed by atoms with E-state index in [1.54, 1.807) is 6.07 Å². The molecule has 26 heavy (non-hydrogen) atoms. The van der Waals surface area contributed by atoms with Gasteiger partial charge in [-0.05, 0) is 29.7 Å². The number of hydrogen-bond acceptors (Lipinski definition) is 6. The van der Waals surface area contributed by atoms with E-state index in [1.807, 2.05) is 30.3 Å². The molecule has 1 amide bonds. The summed E-state index contributed by atoms with van der Waals surface area (Å²) < 4.78 is 4.73. The van der Waals surface area contributed by atoms with Gasteiger partial charge in [-0.25, -0.2) is 4.79 Å². The van der Waals surface area contributed by atoms with Crippen LogP contribution in [-0.2, 0) is 27.2 Å². The number of amides is 1. The van der Waals surface area contributed by atoms with Crippen LogP contribution in [0.1, 0.15) is 11.1 Å². The van der Waals surface area contributed by atoms with Crippen LogP contribution in [0.15, 0.2) is 48.5 Å². The minimum Gasteiger partial charge on any atom is -0.504 e. The van der Waals surface area contributed by atoms with Crippen LogP contribution in [0.4, 0.5) is 0 Å². The lowest BCUT2D eigenvalue weighted by Gasteiger charge is -2.19. The number of phenols is 2. The third-order valence-electron chi connectivity index (χ3n) is 3.92. The van der Waals surface area contributed by atoms with E-state index in [1.165, 1.54) is 19.2 Å². The maximum Gasteiger partial charge on any atom is 0.328 e. The summed E-state index contributed by atoms with van der Waals surface area (Å²) >= 11 is 0. The van der Waals surface area contributed by atoms with E-state index in [4.69, 9.17) is 10.5 Å². The zero-order valence-corrected chi connectivity index (χ0v) is 14.4. The molecule has 0 radical (unpaired) electrons. The molecule has 0 heterocycles. The summed E-state index contributed by atoms with van der Waals surface area (Å²) in [4.78, 5) is 24.4. The van der Waals surface area contributed by atoms with Crippen LogP contribution in [-0.4, -0.2) is 41.3 Å². The number of nitrogens with two attached hydrogens (primary N) is 1. The Hall–Kier alpha value is -3.06. The molecule has 0 aliphatic carbocycles. The van der Waals surface area contributed by atoms with Crippen molar-refractivity contribution < 1.29 is 24.5 Å². The van der Waals surface area contributed by atoms with Gasteiger partial charge in [0.2, 0.25) is 5.91 Å². The van der Waals surface area contributed by atoms with Gasteiger partial charge in [-0.2, -0.15) is 0 Å². The number of ether oxygens (including phenoxy) is 1. The zero-order valence-electron chi connectivity index (χ0n) is 14.4. The van der Waals surface area contributed by atoms with E-state index in [-0.39, 0.29) is 17.9 Å². The van der Waals surface area contributed by atoms with E-state index < -0.39 is 24.0 Å². The number of phenolic OH excluding ortho intramolecular Hbond substituents is 2. The Kier molecular flexibility index (Phi) is 6.57. The lowest BCUT2D eigenvalue weighted by molar-refractivity contribution is -0.145. The van der Waals surface area contributed by atoms with Crippen molar-refractivity contribution in [1.82, 2.24) is 5.32 Å². The molecule has 7 nitrogen and oxygen atoms in total. The fraction of sp³-hybridized carbons (Fsp3) is 0.263. The lowest BCUT2D eigenvalue weighted by atomic mass is 10.0. The van der Waals surface area contributed by atoms with Crippen LogP contribution < -0.4 is 11.1 Å². The Morgan fingerprint density at radius 1 is 1.04 bits per heavy atom. The second-order valence-electron chi connectivity index (χ2n) is 5.91. The number of aromatic hydroxyl groups is 2. The highest BCUT2D eigenvalue weighted by molar-refractivity contribution is 5.87. The van der Waals surface area contributed by atoms with Crippen molar-refractivity contribution >= 4 is 11.9 Å². The minimum atomic E-state index is -0.960. The zero-order chi connectivity index (χ0) is 19.1. The van der Waals surface area contributed by atoms with Crippen LogP contribution in [0.3, 0.4) is 0 Å². The molecule has 2 atom stereocenters. The Balaban J connectivity index is 2.05. The normalized spacial score (nSPS) is 12.8. The van der Waals surface area contributed by atoms with Crippen LogP contribution in [0, 0.1) is 0 Å². The highest BCUT2D eigenvalue weighted by Gasteiger charge is 2.25. The predicted molar refractivity (Wildman–Crippen MR) is 95.5 cm³/mol. The molecule has 2 aromatic rings. The van der Waals surface area contributed by atoms with Gasteiger partial charge in [0.1, 0.15) is 6.04 Å². The number of carbonyl (C=O) groups is 2. The first-order valence-corrected chi connectivity index (χ1v) is 8.09. The molecule has 5 N–H and O–H groups in total. The van der Waals surface area contributed by atoms with E-state index >= 15 is 0 Å². The quantitative estimate of drug-likeness (QED) is 0.430. The maximum atomic E-state index is 12.4. The average molecular weight is 358 g/mol. The van der Waals surface area contributed by atoms with Crippen molar-refractivity contribution in [2.45, 2.75) is 24.9 Å². The Bertz CT molecular complexity index is 764. The van der Waals surface area contributed by atoms with E-state index in [0.717, 1.165) is 5.56 Å². The fourth-order valence-electron chi connectivity index (χ4n) is 2.51. The summed E-state index contributed by atoms with van der Waals surface area (Å²) in [6, 6.07) is 11.7. The molecule has 0 fully saturated rings. The molecule has 0 aliphatic rings. The molecule has 0 saturated carbocycles. The molecule has 7 heteroatoms. The molecule has 2 aromatic carbocycles. The molecule has 2 rings (SSSR count). The average Bonchev–Trinajstić information content (AvgIpc) is 2.64. The van der Waals surface area contributed by atoms with E-state index in [9.17, 15) is 19.8 Å². The third kappa shape index (κ3) is 5.22. The monoisotopic (exact) mass is 358 g/mol. The molecule has 0 unspecified atom stereocenters. The maximum absolute atomic E-state index is 12.4. The lowest BCUT2D eigenvalue weighted by Crippen LogP contribution is -2.50. The molecular weight excluding hydrogens is 336 g/mol. The minimum absolute atomic E-state index is 0.0876. The summed E-state index contributed by atoms with van der Waals surface area (Å²) in [6.07, 6.45) is 0.422. The standard InChI is InChI=1S/C19H22N2O5/c1-26-19(25)15(10-13-7-8-16(22)17(23)11-13)21-18(24)14(20)9-12-5-3-2-4-6-12/h2-8,11,14-15,22-23H,9-10,20H2,1H3,(H,21,24)/t14-,15-/m0/s1. The van der Waals surface area contributed by atoms with E-state index in [2.05, 4.69) is 5.32 Å². The van der Waals surface area contributed by atoms with Crippen LogP contribution >= 0.6 is 0 Å². The number of rotatable bonds is 7. The van der Waals surface area contributed by atoms with Gasteiger partial charge in [-0.3, -0.25) is 4.79 Å². The molecule has 0 aliphatic heterocycles. The summed E-state index contributed by atoms with van der Waals surface area (Å²) in [5, 5.41) is 21.5. The summed E-state index contributed by atoms with van der Waals surface area (Å²) in [7, 11) is 1.22. The van der Waals surface area contributed by atoms with Gasteiger partial charge in [0.25, 0.3) is 0 Å². The summed E-state index contributed by atoms with van der Waals surface area (Å²) in [6.45, 7) is 0. The Morgan fingerprint density at radius 2 is 1.73 bits per heavy atom. The highest BCUT2D eigenvalue weighted by atomic mass is 16.5. The first-order chi connectivity index (χ1) is 12.4. The van der Waals surface area contributed by atoms with Crippen molar-refractivity contribution in [3.05, 3.63) is 59.7 Å². The van der Waals surface area contributed by atoms with Gasteiger partial charge in [0.15, 0.2) is 11.5 Å². The molecule has 0 spiro atoms. The molecule has 138 valence electrons. The topological polar surface area (TPSA) is 122 Å². The molecule has 0 aromatic heterocycles. The first kappa shape index (κ1) is 19.3. The van der Waals surface area contributed by atoms with Crippen molar-refractivity contribution in [1.29, 1.82) is 0 Å². The smallest absolute Gasteiger partial charge is 0.328 e. The number of methoxy groups -OCH3 is 1. The molecular formula is C19H22N2O5. The van der Waals surface area contributed by atoms with Gasteiger partial charge < -0.3 is 26.0 Å². The van der Waals surface area contributed by atoms with Gasteiger partial charge in [-0.15, -0.1) is 0 Å². The number of benzene rings is 2. The largest absolute Gasteiger partial charge is 0.504 e. The number of nitrogens with one attached hydrogen (secondary N) is 1. The Morgan fingerprint density at radius 3 is 2.35 bits per heavy atom. The van der Waals surface area contributed by atoms with Crippen molar-refractivity contribution in [2.24, 2.45) is 5.73 Å². The SMILES string of the molecule is COC(=O)[C@H](Cc1ccc(O)c(O)c1)NC(=O)[C@@H](N)Cc1ccccc1. The summed E-state index contributed by atoms with van der Waals surface area (Å²) in [5.41, 5.74) is 7.40. The van der Waals surface area contributed by atoms with Crippen molar-refractivity contribution in [2.75, 3.05) is 7.11 Å². The second-order valence-corrected chi connectivity index (χ2v) is 5.91. The van der Waals surface area contributed by atoms with Gasteiger partial charge >= 0.3 is 5.97 Å². The molecule has 0 bridgehead atoms. The number of carbonyl (C=O) groups excluding carboxylic acids is 2. The van der Waals surface area contributed by atoms with Crippen molar-refractivity contribution in [3.63, 3.8) is 0 Å². The molecule has 0 saturated heterocycles. The second kappa shape index (κ2) is 8.87. The number of hydrogen-bond donors (Lipinski definition) is 4. The Labute approximate surface area is 151 Å². The van der Waals surface area contributed by atoms with Crippen molar-refractivity contribution in [3.8, 4) is 11.5 Å². The van der Waals surface area contributed by atoms with E-state index in [0.29, 0.717) is 12.0 Å². The van der Waals surface area contributed by atoms with Gasteiger partial charge in [0, 0.05) is 6.42 Å². The fourth-order valence-corrected chi connectivity index (χ4v) is 2.51. The number of esters is 1. The van der Waals surface area contributed by atoms with Crippen LogP contribution in [0.5, 0.6) is 11.5 Å². The predicted octanol–water partition coefficient (Wildman–Crippen LogP) is 0.868. The summed E-state index contributed by atoms with van der Waals surface area (Å²) in [5.74, 6) is -1.68. The third-order valence-corrected chi connectivity index (χ3v) is 3.92. The van der Waals surface area contributed by atoms with Crippen LogP contribution in [0.25, 0.3) is 0 Å². The van der Waals surface area contributed by atoms with Gasteiger partial charge in [-0.1, -0.05) is 36.4 Å². The highest BCUT2D eigenvalue weighted by Crippen LogP contribution is 2.25. The van der Waals surface area contributed by atoms with Crippen LogP contribution in [0.2, 0.25) is 0 Å². The first-order valence-electron chi connectivity index (χ1n) is 8.09. The van der Waals surface area contributed by atoms with Gasteiger partial charge in [0.05, 0.1) is 13.2 Å².